The van der Waals surface area contributed by atoms with Gasteiger partial charge in [-0.05, 0) is 55.9 Å². The molecule has 2 heterocycles. The van der Waals surface area contributed by atoms with Crippen LogP contribution in [0.5, 0.6) is 0 Å². The Morgan fingerprint density at radius 2 is 2.15 bits per heavy atom. The van der Waals surface area contributed by atoms with Crippen molar-refractivity contribution in [2.75, 3.05) is 24.6 Å². The Balaban J connectivity index is 0.00000243. The van der Waals surface area contributed by atoms with Gasteiger partial charge >= 0.3 is 0 Å². The highest BCUT2D eigenvalue weighted by Crippen LogP contribution is 2.21. The first-order valence-electron chi connectivity index (χ1n) is 8.86. The molecule has 0 bridgehead atoms. The maximum absolute atomic E-state index is 13.4. The standard InChI is InChI=1S/C18H26FN3O2S.HI/c1-13(2)21-18(20-10-14-6-8-25(23,24)12-14)22-7-5-15-9-17(19)4-3-16(15)11-22;/h3-4,9,13-14H,5-8,10-12H2,1-2H3,(H,20,21);1H. The van der Waals surface area contributed by atoms with Crippen molar-refractivity contribution in [3.05, 3.63) is 35.1 Å². The number of fused-ring (bicyclic) bond motifs is 1. The number of halogens is 2. The molecule has 2 aliphatic rings. The Morgan fingerprint density at radius 1 is 1.38 bits per heavy atom. The number of aliphatic imine (C=N–C) groups is 1. The van der Waals surface area contributed by atoms with Gasteiger partial charge in [-0.1, -0.05) is 6.07 Å². The molecule has 8 heteroatoms. The zero-order valence-electron chi connectivity index (χ0n) is 15.2. The Bertz CT molecular complexity index is 768. The lowest BCUT2D eigenvalue weighted by molar-refractivity contribution is 0.371. The molecule has 0 radical (unpaired) electrons. The molecule has 0 saturated carbocycles. The van der Waals surface area contributed by atoms with E-state index in [9.17, 15) is 12.8 Å². The van der Waals surface area contributed by atoms with Crippen LogP contribution in [0, 0.1) is 11.7 Å². The summed E-state index contributed by atoms with van der Waals surface area (Å²) < 4.78 is 36.6. The lowest BCUT2D eigenvalue weighted by Crippen LogP contribution is -2.46. The van der Waals surface area contributed by atoms with E-state index in [0.717, 1.165) is 30.1 Å². The van der Waals surface area contributed by atoms with Crippen molar-refractivity contribution in [1.29, 1.82) is 0 Å². The van der Waals surface area contributed by atoms with E-state index in [-0.39, 0.29) is 53.3 Å². The molecule has 146 valence electrons. The molecule has 26 heavy (non-hydrogen) atoms. The van der Waals surface area contributed by atoms with Crippen LogP contribution in [0.4, 0.5) is 4.39 Å². The number of guanidine groups is 1. The van der Waals surface area contributed by atoms with Crippen molar-refractivity contribution in [1.82, 2.24) is 10.2 Å². The number of rotatable bonds is 3. The lowest BCUT2D eigenvalue weighted by Gasteiger charge is -2.33. The van der Waals surface area contributed by atoms with E-state index in [2.05, 4.69) is 24.1 Å². The molecule has 0 aromatic heterocycles. The second-order valence-corrected chi connectivity index (χ2v) is 9.55. The summed E-state index contributed by atoms with van der Waals surface area (Å²) >= 11 is 0. The van der Waals surface area contributed by atoms with Crippen LogP contribution in [-0.4, -0.2) is 49.9 Å². The van der Waals surface area contributed by atoms with Crippen LogP contribution in [0.15, 0.2) is 23.2 Å². The van der Waals surface area contributed by atoms with Gasteiger partial charge in [-0.3, -0.25) is 4.99 Å². The Morgan fingerprint density at radius 3 is 2.81 bits per heavy atom. The Hall–Kier alpha value is -0.900. The van der Waals surface area contributed by atoms with Crippen molar-refractivity contribution < 1.29 is 12.8 Å². The summed E-state index contributed by atoms with van der Waals surface area (Å²) in [5, 5.41) is 3.39. The SMILES string of the molecule is CC(C)NC(=NCC1CCS(=O)(=O)C1)N1CCc2cc(F)ccc2C1.I. The quantitative estimate of drug-likeness (QED) is 0.398. The molecular formula is C18H27FIN3O2S. The van der Waals surface area contributed by atoms with Gasteiger partial charge in [0.05, 0.1) is 11.5 Å². The monoisotopic (exact) mass is 495 g/mol. The summed E-state index contributed by atoms with van der Waals surface area (Å²) in [6.07, 6.45) is 1.48. The van der Waals surface area contributed by atoms with Crippen LogP contribution in [-0.2, 0) is 22.8 Å². The molecule has 1 aromatic rings. The van der Waals surface area contributed by atoms with Gasteiger partial charge in [-0.25, -0.2) is 12.8 Å². The molecule has 1 saturated heterocycles. The van der Waals surface area contributed by atoms with Crippen LogP contribution >= 0.6 is 24.0 Å². The van der Waals surface area contributed by atoms with Gasteiger partial charge < -0.3 is 10.2 Å². The van der Waals surface area contributed by atoms with Crippen LogP contribution < -0.4 is 5.32 Å². The highest BCUT2D eigenvalue weighted by molar-refractivity contribution is 14.0. The molecule has 1 aromatic carbocycles. The molecule has 2 aliphatic heterocycles. The number of nitrogens with one attached hydrogen (secondary N) is 1. The average molecular weight is 495 g/mol. The van der Waals surface area contributed by atoms with Crippen LogP contribution in [0.3, 0.4) is 0 Å². The van der Waals surface area contributed by atoms with E-state index in [4.69, 9.17) is 4.99 Å². The van der Waals surface area contributed by atoms with Crippen molar-refractivity contribution in [2.24, 2.45) is 10.9 Å². The molecule has 0 amide bonds. The summed E-state index contributed by atoms with van der Waals surface area (Å²) in [4.78, 5) is 6.89. The predicted octanol–water partition coefficient (Wildman–Crippen LogP) is 2.59. The minimum atomic E-state index is -2.87. The molecule has 1 fully saturated rings. The van der Waals surface area contributed by atoms with Gasteiger partial charge in [-0.2, -0.15) is 0 Å². The first kappa shape index (κ1) is 21.4. The molecular weight excluding hydrogens is 468 g/mol. The summed E-state index contributed by atoms with van der Waals surface area (Å²) in [7, 11) is -2.87. The fraction of sp³-hybridized carbons (Fsp3) is 0.611. The average Bonchev–Trinajstić information content (AvgIpc) is 2.89. The Kier molecular flexibility index (Phi) is 7.29. The third-order valence-corrected chi connectivity index (χ3v) is 6.56. The van der Waals surface area contributed by atoms with Crippen molar-refractivity contribution in [3.8, 4) is 0 Å². The van der Waals surface area contributed by atoms with E-state index < -0.39 is 9.84 Å². The zero-order valence-corrected chi connectivity index (χ0v) is 18.4. The van der Waals surface area contributed by atoms with Gasteiger partial charge in [0.25, 0.3) is 0 Å². The maximum Gasteiger partial charge on any atom is 0.194 e. The molecule has 5 nitrogen and oxygen atoms in total. The fourth-order valence-corrected chi connectivity index (χ4v) is 5.28. The predicted molar refractivity (Wildman–Crippen MR) is 113 cm³/mol. The third kappa shape index (κ3) is 5.55. The first-order valence-corrected chi connectivity index (χ1v) is 10.7. The summed E-state index contributed by atoms with van der Waals surface area (Å²) in [6, 6.07) is 5.19. The normalized spacial score (nSPS) is 22.1. The highest BCUT2D eigenvalue weighted by atomic mass is 127. The van der Waals surface area contributed by atoms with E-state index in [1.54, 1.807) is 6.07 Å². The van der Waals surface area contributed by atoms with Crippen LogP contribution in [0.25, 0.3) is 0 Å². The van der Waals surface area contributed by atoms with E-state index in [0.29, 0.717) is 19.5 Å². The topological polar surface area (TPSA) is 61.8 Å². The smallest absolute Gasteiger partial charge is 0.194 e. The minimum absolute atomic E-state index is 0. The second-order valence-electron chi connectivity index (χ2n) is 7.32. The lowest BCUT2D eigenvalue weighted by atomic mass is 10.00. The molecule has 1 atom stereocenters. The second kappa shape index (κ2) is 8.86. The number of benzene rings is 1. The van der Waals surface area contributed by atoms with Gasteiger partial charge in [0.15, 0.2) is 15.8 Å². The van der Waals surface area contributed by atoms with Crippen LogP contribution in [0.2, 0.25) is 0 Å². The Labute approximate surface area is 172 Å². The van der Waals surface area contributed by atoms with Gasteiger partial charge in [0, 0.05) is 25.7 Å². The van der Waals surface area contributed by atoms with Crippen molar-refractivity contribution in [3.63, 3.8) is 0 Å². The maximum atomic E-state index is 13.4. The third-order valence-electron chi connectivity index (χ3n) is 4.72. The number of sulfone groups is 1. The summed E-state index contributed by atoms with van der Waals surface area (Å²) in [5.74, 6) is 1.26. The van der Waals surface area contributed by atoms with E-state index in [1.165, 1.54) is 6.07 Å². The largest absolute Gasteiger partial charge is 0.354 e. The molecule has 1 N–H and O–H groups in total. The fourth-order valence-electron chi connectivity index (χ4n) is 3.43. The first-order chi connectivity index (χ1) is 11.8. The van der Waals surface area contributed by atoms with Gasteiger partial charge in [0.1, 0.15) is 5.82 Å². The van der Waals surface area contributed by atoms with Crippen molar-refractivity contribution in [2.45, 2.75) is 39.3 Å². The van der Waals surface area contributed by atoms with E-state index in [1.807, 2.05) is 6.07 Å². The van der Waals surface area contributed by atoms with E-state index >= 15 is 0 Å². The zero-order chi connectivity index (χ0) is 18.0. The van der Waals surface area contributed by atoms with Crippen LogP contribution in [0.1, 0.15) is 31.4 Å². The number of hydrogen-bond donors (Lipinski definition) is 1. The number of nitrogens with zero attached hydrogens (tertiary/aromatic N) is 2. The summed E-state index contributed by atoms with van der Waals surface area (Å²) in [6.45, 7) is 6.11. The minimum Gasteiger partial charge on any atom is -0.354 e. The molecule has 1 unspecified atom stereocenters. The molecule has 0 spiro atoms. The van der Waals surface area contributed by atoms with Gasteiger partial charge in [0.2, 0.25) is 0 Å². The number of hydrogen-bond acceptors (Lipinski definition) is 3. The molecule has 3 rings (SSSR count). The summed E-state index contributed by atoms with van der Waals surface area (Å²) in [5.41, 5.74) is 2.18. The van der Waals surface area contributed by atoms with Gasteiger partial charge in [-0.15, -0.1) is 24.0 Å². The molecule has 0 aliphatic carbocycles. The van der Waals surface area contributed by atoms with Crippen molar-refractivity contribution >= 4 is 39.8 Å². The highest BCUT2D eigenvalue weighted by Gasteiger charge is 2.28.